The van der Waals surface area contributed by atoms with Crippen molar-refractivity contribution in [1.82, 2.24) is 0 Å². The first-order chi connectivity index (χ1) is 16.3. The molecule has 6 bridgehead atoms. The Bertz CT molecular complexity index is 736. The van der Waals surface area contributed by atoms with Crippen molar-refractivity contribution < 1.29 is 28.4 Å². The van der Waals surface area contributed by atoms with Gasteiger partial charge in [-0.05, 0) is 33.4 Å². The lowest BCUT2D eigenvalue weighted by Crippen LogP contribution is -2.02. The van der Waals surface area contributed by atoms with E-state index in [-0.39, 0.29) is 20.4 Å². The highest BCUT2D eigenvalue weighted by Gasteiger charge is 2.01. The van der Waals surface area contributed by atoms with Gasteiger partial charge in [0.15, 0.2) is 0 Å². The predicted molar refractivity (Wildman–Crippen MR) is 123 cm³/mol. The average molecular weight is 451 g/mol. The van der Waals surface area contributed by atoms with Crippen LogP contribution in [0.5, 0.6) is 0 Å². The molecule has 7 rings (SSSR count). The number of fused-ring (bicyclic) bond motifs is 2. The zero-order chi connectivity index (χ0) is 22.6. The third-order valence-electron chi connectivity index (χ3n) is 5.18. The number of rotatable bonds is 0. The monoisotopic (exact) mass is 450 g/mol. The summed E-state index contributed by atoms with van der Waals surface area (Å²) in [6, 6.07) is 24.5. The molecule has 0 radical (unpaired) electrons. The molecular formula is C27H30O6. The van der Waals surface area contributed by atoms with Crippen LogP contribution in [0.1, 0.15) is 33.4 Å². The standard InChI is InChI=1S/C27H30O6/c1-2-23-4-3-22(1)13-28-19-30-15-24-5-7-26(8-6-24)17-32-21-33-18-27-11-9-25(10-12-27)16-31-20-29-14-23/h1-12H,13-21H2. The molecule has 0 aromatic heterocycles. The quantitative estimate of drug-likeness (QED) is 0.477. The van der Waals surface area contributed by atoms with Crippen molar-refractivity contribution >= 4 is 0 Å². The SMILES string of the molecule is c1cc2ccc1COCOCc1ccc(cc1)COCOCc1ccc(cc1)COCOC2. The van der Waals surface area contributed by atoms with Crippen LogP contribution in [0.2, 0.25) is 0 Å². The topological polar surface area (TPSA) is 55.4 Å². The molecule has 3 aromatic carbocycles. The maximum Gasteiger partial charge on any atom is 0.147 e. The van der Waals surface area contributed by atoms with Gasteiger partial charge in [0.25, 0.3) is 0 Å². The van der Waals surface area contributed by atoms with Gasteiger partial charge in [-0.3, -0.25) is 0 Å². The van der Waals surface area contributed by atoms with Crippen LogP contribution in [0.4, 0.5) is 0 Å². The molecule has 3 aromatic rings. The van der Waals surface area contributed by atoms with Crippen molar-refractivity contribution in [2.45, 2.75) is 39.6 Å². The Kier molecular flexibility index (Phi) is 9.43. The second-order valence-corrected chi connectivity index (χ2v) is 7.89. The Labute approximate surface area is 195 Å². The van der Waals surface area contributed by atoms with E-state index in [0.717, 1.165) is 33.4 Å². The normalized spacial score (nSPS) is 17.1. The number of hydrogen-bond donors (Lipinski definition) is 0. The van der Waals surface area contributed by atoms with E-state index in [0.29, 0.717) is 39.6 Å². The molecule has 174 valence electrons. The van der Waals surface area contributed by atoms with Gasteiger partial charge in [0, 0.05) is 0 Å². The van der Waals surface area contributed by atoms with Crippen molar-refractivity contribution in [3.8, 4) is 0 Å². The van der Waals surface area contributed by atoms with Gasteiger partial charge < -0.3 is 28.4 Å². The number of benzene rings is 3. The fraction of sp³-hybridized carbons (Fsp3) is 0.333. The van der Waals surface area contributed by atoms with Gasteiger partial charge in [-0.25, -0.2) is 0 Å². The third kappa shape index (κ3) is 8.37. The number of hydrogen-bond acceptors (Lipinski definition) is 6. The van der Waals surface area contributed by atoms with Gasteiger partial charge in [0.2, 0.25) is 0 Å². The Morgan fingerprint density at radius 1 is 0.273 bits per heavy atom. The summed E-state index contributed by atoms with van der Waals surface area (Å²) >= 11 is 0. The lowest BCUT2D eigenvalue weighted by atomic mass is 10.1. The van der Waals surface area contributed by atoms with Crippen LogP contribution in [0.15, 0.2) is 72.8 Å². The van der Waals surface area contributed by atoms with Gasteiger partial charge in [-0.15, -0.1) is 0 Å². The van der Waals surface area contributed by atoms with Crippen LogP contribution < -0.4 is 0 Å². The van der Waals surface area contributed by atoms with Crippen LogP contribution in [-0.2, 0) is 68.1 Å². The van der Waals surface area contributed by atoms with Gasteiger partial charge in [0.1, 0.15) is 20.4 Å². The van der Waals surface area contributed by atoms with E-state index >= 15 is 0 Å². The van der Waals surface area contributed by atoms with E-state index in [9.17, 15) is 0 Å². The molecule has 0 spiro atoms. The molecule has 0 aliphatic carbocycles. The first kappa shape index (κ1) is 23.6. The molecule has 6 nitrogen and oxygen atoms in total. The maximum absolute atomic E-state index is 5.62. The van der Waals surface area contributed by atoms with E-state index in [2.05, 4.69) is 0 Å². The van der Waals surface area contributed by atoms with Gasteiger partial charge in [-0.2, -0.15) is 0 Å². The lowest BCUT2D eigenvalue weighted by Gasteiger charge is -2.09. The first-order valence-electron chi connectivity index (χ1n) is 11.0. The fourth-order valence-corrected chi connectivity index (χ4v) is 3.33. The highest BCUT2D eigenvalue weighted by molar-refractivity contribution is 5.23. The summed E-state index contributed by atoms with van der Waals surface area (Å²) in [5, 5.41) is 0. The molecule has 0 unspecified atom stereocenters. The van der Waals surface area contributed by atoms with Crippen molar-refractivity contribution in [3.05, 3.63) is 106 Å². The van der Waals surface area contributed by atoms with E-state index in [1.54, 1.807) is 0 Å². The van der Waals surface area contributed by atoms with Crippen LogP contribution in [-0.4, -0.2) is 20.4 Å². The fourth-order valence-electron chi connectivity index (χ4n) is 3.33. The molecule has 6 heteroatoms. The van der Waals surface area contributed by atoms with Crippen LogP contribution in [0.25, 0.3) is 0 Å². The van der Waals surface area contributed by atoms with Crippen molar-refractivity contribution in [2.24, 2.45) is 0 Å². The van der Waals surface area contributed by atoms with Gasteiger partial charge in [-0.1, -0.05) is 72.8 Å². The van der Waals surface area contributed by atoms with Crippen LogP contribution >= 0.6 is 0 Å². The van der Waals surface area contributed by atoms with Crippen LogP contribution in [0, 0.1) is 0 Å². The molecule has 0 saturated carbocycles. The molecule has 0 N–H and O–H groups in total. The van der Waals surface area contributed by atoms with Gasteiger partial charge in [0.05, 0.1) is 39.6 Å². The summed E-state index contributed by atoms with van der Waals surface area (Å²) in [5.41, 5.74) is 6.54. The van der Waals surface area contributed by atoms with E-state index in [4.69, 9.17) is 28.4 Å². The lowest BCUT2D eigenvalue weighted by molar-refractivity contribution is -0.0697. The van der Waals surface area contributed by atoms with Crippen LogP contribution in [0.3, 0.4) is 0 Å². The molecule has 4 heterocycles. The molecule has 0 atom stereocenters. The summed E-state index contributed by atoms with van der Waals surface area (Å²) < 4.78 is 33.7. The minimum atomic E-state index is 0.242. The van der Waals surface area contributed by atoms with E-state index in [1.165, 1.54) is 0 Å². The summed E-state index contributed by atoms with van der Waals surface area (Å²) in [6.07, 6.45) is 0. The number of ether oxygens (including phenoxy) is 6. The first-order valence-corrected chi connectivity index (χ1v) is 11.0. The third-order valence-corrected chi connectivity index (χ3v) is 5.18. The average Bonchev–Trinajstić information content (AvgIpc) is 2.85. The molecule has 0 saturated heterocycles. The molecule has 0 amide bonds. The highest BCUT2D eigenvalue weighted by atomic mass is 16.7. The molecular weight excluding hydrogens is 420 g/mol. The Hall–Kier alpha value is -2.58. The second-order valence-electron chi connectivity index (χ2n) is 7.89. The highest BCUT2D eigenvalue weighted by Crippen LogP contribution is 2.11. The zero-order valence-electron chi connectivity index (χ0n) is 18.7. The minimum Gasteiger partial charge on any atom is -0.351 e. The largest absolute Gasteiger partial charge is 0.351 e. The summed E-state index contributed by atoms with van der Waals surface area (Å²) in [7, 11) is 0. The summed E-state index contributed by atoms with van der Waals surface area (Å²) in [6.45, 7) is 3.73. The predicted octanol–water partition coefficient (Wildman–Crippen LogP) is 5.07. The van der Waals surface area contributed by atoms with E-state index < -0.39 is 0 Å². The summed E-state index contributed by atoms with van der Waals surface area (Å²) in [5.74, 6) is 0. The Balaban J connectivity index is 1.31. The summed E-state index contributed by atoms with van der Waals surface area (Å²) in [4.78, 5) is 0. The smallest absolute Gasteiger partial charge is 0.147 e. The van der Waals surface area contributed by atoms with Crippen molar-refractivity contribution in [3.63, 3.8) is 0 Å². The Morgan fingerprint density at radius 2 is 0.424 bits per heavy atom. The van der Waals surface area contributed by atoms with Crippen molar-refractivity contribution in [2.75, 3.05) is 20.4 Å². The maximum atomic E-state index is 5.62. The molecule has 4 aliphatic rings. The molecule has 33 heavy (non-hydrogen) atoms. The van der Waals surface area contributed by atoms with Crippen molar-refractivity contribution in [1.29, 1.82) is 0 Å². The molecule has 0 fully saturated rings. The van der Waals surface area contributed by atoms with E-state index in [1.807, 2.05) is 72.8 Å². The minimum absolute atomic E-state index is 0.242. The second kappa shape index (κ2) is 13.2. The molecule has 4 aliphatic heterocycles. The zero-order valence-corrected chi connectivity index (χ0v) is 18.7. The Morgan fingerprint density at radius 3 is 0.576 bits per heavy atom. The van der Waals surface area contributed by atoms with Gasteiger partial charge >= 0.3 is 0 Å².